The minimum Gasteiger partial charge on any atom is -1.00 e. The highest BCUT2D eigenvalue weighted by molar-refractivity contribution is 5.29. The molecule has 1 heterocycles. The van der Waals surface area contributed by atoms with Gasteiger partial charge in [0.2, 0.25) is 12.2 Å². The predicted molar refractivity (Wildman–Crippen MR) is 78.4 cm³/mol. The summed E-state index contributed by atoms with van der Waals surface area (Å²) in [6.45, 7) is 0. The number of aromatic nitrogens is 1. The SMILES string of the molecule is Oc1ccc[n+](C(c2ccccc2)c2ccccc2)c1.[Cl-]. The molecule has 0 saturated carbocycles. The highest BCUT2D eigenvalue weighted by Crippen LogP contribution is 2.21. The number of halogens is 1. The van der Waals surface area contributed by atoms with E-state index in [1.165, 1.54) is 11.1 Å². The number of nitrogens with zero attached hydrogens (tertiary/aromatic N) is 1. The molecule has 0 spiro atoms. The lowest BCUT2D eigenvalue weighted by molar-refractivity contribution is -0.705. The monoisotopic (exact) mass is 297 g/mol. The van der Waals surface area contributed by atoms with Crippen LogP contribution in [0.15, 0.2) is 85.2 Å². The Morgan fingerprint density at radius 2 is 1.24 bits per heavy atom. The molecule has 106 valence electrons. The average Bonchev–Trinajstić information content (AvgIpc) is 2.50. The minimum atomic E-state index is 0. The quantitative estimate of drug-likeness (QED) is 0.692. The number of aromatic hydroxyl groups is 1. The lowest BCUT2D eigenvalue weighted by Crippen LogP contribution is -3.00. The van der Waals surface area contributed by atoms with Crippen molar-refractivity contribution >= 4 is 0 Å². The molecule has 2 aromatic carbocycles. The third-order valence-electron chi connectivity index (χ3n) is 3.34. The molecule has 0 aliphatic carbocycles. The summed E-state index contributed by atoms with van der Waals surface area (Å²) in [5.41, 5.74) is 2.38. The largest absolute Gasteiger partial charge is 1.00 e. The topological polar surface area (TPSA) is 24.1 Å². The second-order valence-corrected chi connectivity index (χ2v) is 4.73. The number of hydrogen-bond acceptors (Lipinski definition) is 1. The van der Waals surface area contributed by atoms with Crippen molar-refractivity contribution in [1.82, 2.24) is 0 Å². The zero-order valence-corrected chi connectivity index (χ0v) is 12.2. The standard InChI is InChI=1S/C18H15NO.ClH/c20-17-12-7-13-19(14-17)18(15-8-3-1-4-9-15)16-10-5-2-6-11-16;/h1-14,18H;1H. The van der Waals surface area contributed by atoms with Crippen LogP contribution in [-0.4, -0.2) is 5.11 Å². The van der Waals surface area contributed by atoms with Gasteiger partial charge in [-0.05, 0) is 6.07 Å². The maximum absolute atomic E-state index is 9.73. The maximum atomic E-state index is 9.73. The third kappa shape index (κ3) is 3.41. The Hall–Kier alpha value is -2.32. The fraction of sp³-hybridized carbons (Fsp3) is 0.0556. The minimum absolute atomic E-state index is 0. The molecule has 0 aliphatic rings. The Bertz CT molecular complexity index is 646. The Kier molecular flexibility index (Phi) is 4.96. The third-order valence-corrected chi connectivity index (χ3v) is 3.34. The van der Waals surface area contributed by atoms with E-state index in [1.807, 2.05) is 53.2 Å². The van der Waals surface area contributed by atoms with Gasteiger partial charge in [-0.3, -0.25) is 0 Å². The van der Waals surface area contributed by atoms with Crippen molar-refractivity contribution < 1.29 is 22.1 Å². The molecule has 1 aromatic heterocycles. The summed E-state index contributed by atoms with van der Waals surface area (Å²) < 4.78 is 2.03. The summed E-state index contributed by atoms with van der Waals surface area (Å²) >= 11 is 0. The van der Waals surface area contributed by atoms with Crippen LogP contribution in [0.4, 0.5) is 0 Å². The van der Waals surface area contributed by atoms with Crippen molar-refractivity contribution in [3.8, 4) is 5.75 Å². The first-order valence-corrected chi connectivity index (χ1v) is 6.64. The van der Waals surface area contributed by atoms with Gasteiger partial charge in [-0.1, -0.05) is 60.7 Å². The second-order valence-electron chi connectivity index (χ2n) is 4.73. The van der Waals surface area contributed by atoms with E-state index in [-0.39, 0.29) is 24.2 Å². The Labute approximate surface area is 130 Å². The Morgan fingerprint density at radius 1 is 0.714 bits per heavy atom. The van der Waals surface area contributed by atoms with E-state index in [0.717, 1.165) is 0 Å². The first-order valence-electron chi connectivity index (χ1n) is 6.64. The van der Waals surface area contributed by atoms with Crippen LogP contribution in [-0.2, 0) is 0 Å². The summed E-state index contributed by atoms with van der Waals surface area (Å²) in [5.74, 6) is 0.268. The Balaban J connectivity index is 0.00000161. The maximum Gasteiger partial charge on any atom is 0.211 e. The van der Waals surface area contributed by atoms with Gasteiger partial charge in [-0.15, -0.1) is 0 Å². The molecule has 0 radical (unpaired) electrons. The van der Waals surface area contributed by atoms with Crippen molar-refractivity contribution in [2.24, 2.45) is 0 Å². The van der Waals surface area contributed by atoms with Gasteiger partial charge in [0.15, 0.2) is 11.9 Å². The summed E-state index contributed by atoms with van der Waals surface area (Å²) in [6.07, 6.45) is 3.73. The van der Waals surface area contributed by atoms with Crippen LogP contribution in [0.3, 0.4) is 0 Å². The van der Waals surface area contributed by atoms with E-state index in [4.69, 9.17) is 0 Å². The molecule has 3 aromatic rings. The van der Waals surface area contributed by atoms with Crippen LogP contribution in [0, 0.1) is 0 Å². The Morgan fingerprint density at radius 3 is 1.71 bits per heavy atom. The van der Waals surface area contributed by atoms with E-state index >= 15 is 0 Å². The van der Waals surface area contributed by atoms with E-state index < -0.39 is 0 Å². The summed E-state index contributed by atoms with van der Waals surface area (Å²) in [7, 11) is 0. The molecule has 0 saturated heterocycles. The molecule has 2 nitrogen and oxygen atoms in total. The lowest BCUT2D eigenvalue weighted by atomic mass is 9.98. The van der Waals surface area contributed by atoms with Gasteiger partial charge in [0.05, 0.1) is 0 Å². The van der Waals surface area contributed by atoms with Crippen molar-refractivity contribution in [1.29, 1.82) is 0 Å². The predicted octanol–water partition coefficient (Wildman–Crippen LogP) is 0.321. The fourth-order valence-corrected chi connectivity index (χ4v) is 2.45. The van der Waals surface area contributed by atoms with Crippen LogP contribution in [0.25, 0.3) is 0 Å². The zero-order chi connectivity index (χ0) is 13.8. The molecule has 21 heavy (non-hydrogen) atoms. The van der Waals surface area contributed by atoms with Crippen molar-refractivity contribution in [3.63, 3.8) is 0 Å². The zero-order valence-electron chi connectivity index (χ0n) is 11.4. The first-order chi connectivity index (χ1) is 9.84. The van der Waals surface area contributed by atoms with Gasteiger partial charge < -0.3 is 17.5 Å². The van der Waals surface area contributed by atoms with Crippen LogP contribution in [0.2, 0.25) is 0 Å². The van der Waals surface area contributed by atoms with Gasteiger partial charge in [0.1, 0.15) is 0 Å². The highest BCUT2D eigenvalue weighted by atomic mass is 35.5. The van der Waals surface area contributed by atoms with E-state index in [2.05, 4.69) is 24.3 Å². The molecule has 0 aliphatic heterocycles. The van der Waals surface area contributed by atoms with Gasteiger partial charge >= 0.3 is 0 Å². The molecular formula is C18H16ClNO. The lowest BCUT2D eigenvalue weighted by Gasteiger charge is -2.13. The summed E-state index contributed by atoms with van der Waals surface area (Å²) in [5, 5.41) is 9.73. The summed E-state index contributed by atoms with van der Waals surface area (Å²) in [4.78, 5) is 0. The van der Waals surface area contributed by atoms with E-state index in [0.29, 0.717) is 0 Å². The molecule has 3 rings (SSSR count). The van der Waals surface area contributed by atoms with E-state index in [1.54, 1.807) is 12.3 Å². The molecule has 0 fully saturated rings. The van der Waals surface area contributed by atoms with Gasteiger partial charge in [-0.25, -0.2) is 0 Å². The number of hydrogen-bond donors (Lipinski definition) is 1. The molecule has 0 amide bonds. The molecule has 0 unspecified atom stereocenters. The normalized spacial score (nSPS) is 10.1. The molecule has 3 heteroatoms. The number of rotatable bonds is 3. The molecular weight excluding hydrogens is 282 g/mol. The van der Waals surface area contributed by atoms with Gasteiger partial charge in [-0.2, -0.15) is 4.57 Å². The van der Waals surface area contributed by atoms with Crippen LogP contribution in [0.1, 0.15) is 17.2 Å². The van der Waals surface area contributed by atoms with Crippen molar-refractivity contribution in [2.45, 2.75) is 6.04 Å². The van der Waals surface area contributed by atoms with Gasteiger partial charge in [0.25, 0.3) is 0 Å². The van der Waals surface area contributed by atoms with E-state index in [9.17, 15) is 5.11 Å². The number of pyridine rings is 1. The first kappa shape index (κ1) is 15.1. The smallest absolute Gasteiger partial charge is 0.211 e. The van der Waals surface area contributed by atoms with Gasteiger partial charge in [0, 0.05) is 17.2 Å². The summed E-state index contributed by atoms with van der Waals surface area (Å²) in [6, 6.07) is 24.2. The van der Waals surface area contributed by atoms with Crippen molar-refractivity contribution in [3.05, 3.63) is 96.3 Å². The molecule has 0 atom stereocenters. The second kappa shape index (κ2) is 6.91. The van der Waals surface area contributed by atoms with Crippen molar-refractivity contribution in [2.75, 3.05) is 0 Å². The molecule has 0 bridgehead atoms. The average molecular weight is 298 g/mol. The van der Waals surface area contributed by atoms with Crippen LogP contribution in [0.5, 0.6) is 5.75 Å². The highest BCUT2D eigenvalue weighted by Gasteiger charge is 2.23. The van der Waals surface area contributed by atoms with Crippen LogP contribution < -0.4 is 17.0 Å². The van der Waals surface area contributed by atoms with Crippen LogP contribution >= 0.6 is 0 Å². The molecule has 1 N–H and O–H groups in total. The number of benzene rings is 2. The fourth-order valence-electron chi connectivity index (χ4n) is 2.45.